The molecule has 0 saturated heterocycles. The summed E-state index contributed by atoms with van der Waals surface area (Å²) in [5, 5.41) is -0.473. The van der Waals surface area contributed by atoms with Gasteiger partial charge in [0.2, 0.25) is 0 Å². The Hall–Kier alpha value is -1.02. The standard InChI is InChI=1S/C22H35ClO2/c1-19(2)12-10-8-6-4-3-5-7-9-11-13-20-14-16-21(17-15-20)25-18-22(23)24/h14-17,19H,3-13,18H2,1-2H3. The monoisotopic (exact) mass is 366 g/mol. The molecule has 0 aliphatic rings. The largest absolute Gasteiger partial charge is 0.484 e. The van der Waals surface area contributed by atoms with Gasteiger partial charge in [-0.1, -0.05) is 83.8 Å². The lowest BCUT2D eigenvalue weighted by molar-refractivity contribution is -0.113. The lowest BCUT2D eigenvalue weighted by Crippen LogP contribution is -2.04. The Morgan fingerprint density at radius 3 is 1.92 bits per heavy atom. The van der Waals surface area contributed by atoms with Gasteiger partial charge in [-0.25, -0.2) is 0 Å². The molecule has 1 aromatic rings. The third-order valence-corrected chi connectivity index (χ3v) is 4.63. The summed E-state index contributed by atoms with van der Waals surface area (Å²) in [5.74, 6) is 1.56. The van der Waals surface area contributed by atoms with Crippen LogP contribution in [0.1, 0.15) is 83.6 Å². The van der Waals surface area contributed by atoms with Gasteiger partial charge in [0.1, 0.15) is 5.75 Å². The van der Waals surface area contributed by atoms with E-state index in [1.54, 1.807) is 0 Å². The minimum atomic E-state index is -0.473. The fourth-order valence-corrected chi connectivity index (χ4v) is 3.07. The van der Waals surface area contributed by atoms with Crippen molar-refractivity contribution in [2.75, 3.05) is 6.61 Å². The van der Waals surface area contributed by atoms with Crippen molar-refractivity contribution in [1.82, 2.24) is 0 Å². The Bertz CT molecular complexity index is 454. The van der Waals surface area contributed by atoms with E-state index >= 15 is 0 Å². The maximum atomic E-state index is 10.7. The zero-order valence-electron chi connectivity index (χ0n) is 16.1. The molecule has 0 radical (unpaired) electrons. The molecule has 0 fully saturated rings. The van der Waals surface area contributed by atoms with Crippen LogP contribution in [0.5, 0.6) is 5.75 Å². The van der Waals surface area contributed by atoms with Crippen LogP contribution in [0, 0.1) is 5.92 Å². The molecule has 0 aliphatic heterocycles. The molecule has 0 unspecified atom stereocenters. The number of carbonyl (C=O) groups excluding carboxylic acids is 1. The minimum absolute atomic E-state index is 0.0708. The molecule has 0 N–H and O–H groups in total. The quantitative estimate of drug-likeness (QED) is 0.248. The Kier molecular flexibility index (Phi) is 12.5. The molecule has 2 nitrogen and oxygen atoms in total. The summed E-state index contributed by atoms with van der Waals surface area (Å²) < 4.78 is 5.26. The number of halogens is 1. The predicted octanol–water partition coefficient (Wildman–Crippen LogP) is 6.93. The van der Waals surface area contributed by atoms with Crippen LogP contribution in [0.2, 0.25) is 0 Å². The third-order valence-electron chi connectivity index (χ3n) is 4.52. The van der Waals surface area contributed by atoms with Crippen LogP contribution in [-0.2, 0) is 11.2 Å². The van der Waals surface area contributed by atoms with E-state index in [1.165, 1.54) is 69.8 Å². The molecular weight excluding hydrogens is 332 g/mol. The topological polar surface area (TPSA) is 26.3 Å². The molecule has 0 aromatic heterocycles. The lowest BCUT2D eigenvalue weighted by atomic mass is 10.0. The Morgan fingerprint density at radius 1 is 0.880 bits per heavy atom. The SMILES string of the molecule is CC(C)CCCCCCCCCCCc1ccc(OCC(=O)Cl)cc1. The highest BCUT2D eigenvalue weighted by Crippen LogP contribution is 2.16. The number of hydrogen-bond acceptors (Lipinski definition) is 2. The molecular formula is C22H35ClO2. The highest BCUT2D eigenvalue weighted by Gasteiger charge is 2.00. The van der Waals surface area contributed by atoms with Crippen molar-refractivity contribution in [1.29, 1.82) is 0 Å². The van der Waals surface area contributed by atoms with E-state index in [0.717, 1.165) is 12.3 Å². The smallest absolute Gasteiger partial charge is 0.259 e. The van der Waals surface area contributed by atoms with Gasteiger partial charge in [0.05, 0.1) is 0 Å². The van der Waals surface area contributed by atoms with Gasteiger partial charge in [0.15, 0.2) is 6.61 Å². The van der Waals surface area contributed by atoms with E-state index in [9.17, 15) is 4.79 Å². The second-order valence-electron chi connectivity index (χ2n) is 7.40. The summed E-state index contributed by atoms with van der Waals surface area (Å²) in [6, 6.07) is 7.97. The van der Waals surface area contributed by atoms with E-state index in [1.807, 2.05) is 12.1 Å². The molecule has 142 valence electrons. The highest BCUT2D eigenvalue weighted by atomic mass is 35.5. The van der Waals surface area contributed by atoms with Crippen molar-refractivity contribution in [3.8, 4) is 5.75 Å². The average Bonchev–Trinajstić information content (AvgIpc) is 2.58. The number of carbonyl (C=O) groups is 1. The number of hydrogen-bond donors (Lipinski definition) is 0. The second-order valence-corrected chi connectivity index (χ2v) is 7.82. The summed E-state index contributed by atoms with van der Waals surface area (Å²) >= 11 is 5.26. The Labute approximate surface area is 159 Å². The molecule has 0 heterocycles. The molecule has 0 atom stereocenters. The number of benzene rings is 1. The summed E-state index contributed by atoms with van der Waals surface area (Å²) in [7, 11) is 0. The molecule has 25 heavy (non-hydrogen) atoms. The first-order valence-corrected chi connectivity index (χ1v) is 10.4. The second kappa shape index (κ2) is 14.2. The number of aryl methyl sites for hydroxylation is 1. The van der Waals surface area contributed by atoms with Crippen molar-refractivity contribution in [3.63, 3.8) is 0 Å². The van der Waals surface area contributed by atoms with Crippen molar-refractivity contribution in [2.24, 2.45) is 5.92 Å². The van der Waals surface area contributed by atoms with Crippen LogP contribution >= 0.6 is 11.6 Å². The van der Waals surface area contributed by atoms with Gasteiger partial charge in [-0.05, 0) is 48.1 Å². The van der Waals surface area contributed by atoms with Gasteiger partial charge in [-0.2, -0.15) is 0 Å². The molecule has 1 aromatic carbocycles. The van der Waals surface area contributed by atoms with Crippen molar-refractivity contribution < 1.29 is 9.53 Å². The van der Waals surface area contributed by atoms with E-state index < -0.39 is 5.24 Å². The van der Waals surface area contributed by atoms with E-state index in [4.69, 9.17) is 16.3 Å². The van der Waals surface area contributed by atoms with E-state index in [2.05, 4.69) is 26.0 Å². The van der Waals surface area contributed by atoms with E-state index in [0.29, 0.717) is 5.75 Å². The maximum absolute atomic E-state index is 10.7. The van der Waals surface area contributed by atoms with Crippen LogP contribution in [-0.4, -0.2) is 11.8 Å². The molecule has 0 spiro atoms. The van der Waals surface area contributed by atoms with Crippen LogP contribution < -0.4 is 4.74 Å². The Morgan fingerprint density at radius 2 is 1.40 bits per heavy atom. The maximum Gasteiger partial charge on any atom is 0.259 e. The van der Waals surface area contributed by atoms with Gasteiger partial charge in [-0.15, -0.1) is 0 Å². The van der Waals surface area contributed by atoms with Crippen molar-refractivity contribution >= 4 is 16.8 Å². The van der Waals surface area contributed by atoms with Gasteiger partial charge in [0, 0.05) is 0 Å². The van der Waals surface area contributed by atoms with E-state index in [-0.39, 0.29) is 6.61 Å². The zero-order valence-corrected chi connectivity index (χ0v) is 16.8. The first-order chi connectivity index (χ1) is 12.1. The Balaban J connectivity index is 1.95. The van der Waals surface area contributed by atoms with Gasteiger partial charge >= 0.3 is 0 Å². The van der Waals surface area contributed by atoms with Gasteiger partial charge in [0.25, 0.3) is 5.24 Å². The highest BCUT2D eigenvalue weighted by molar-refractivity contribution is 6.63. The molecule has 0 saturated carbocycles. The normalized spacial score (nSPS) is 11.0. The van der Waals surface area contributed by atoms with Gasteiger partial charge < -0.3 is 4.74 Å². The zero-order chi connectivity index (χ0) is 18.3. The summed E-state index contributed by atoms with van der Waals surface area (Å²) in [4.78, 5) is 10.7. The predicted molar refractivity (Wildman–Crippen MR) is 108 cm³/mol. The fraction of sp³-hybridized carbons (Fsp3) is 0.682. The van der Waals surface area contributed by atoms with Crippen LogP contribution in [0.3, 0.4) is 0 Å². The first kappa shape index (κ1) is 22.0. The number of ether oxygens (including phenoxy) is 1. The van der Waals surface area contributed by atoms with Crippen LogP contribution in [0.4, 0.5) is 0 Å². The lowest BCUT2D eigenvalue weighted by Gasteiger charge is -2.06. The summed E-state index contributed by atoms with van der Waals surface area (Å²) in [6.45, 7) is 4.55. The summed E-state index contributed by atoms with van der Waals surface area (Å²) in [6.07, 6.45) is 14.8. The van der Waals surface area contributed by atoms with Crippen molar-refractivity contribution in [2.45, 2.75) is 84.5 Å². The fourth-order valence-electron chi connectivity index (χ4n) is 3.01. The molecule has 1 rings (SSSR count). The first-order valence-electron chi connectivity index (χ1n) is 9.98. The number of rotatable bonds is 15. The average molecular weight is 367 g/mol. The molecule has 3 heteroatoms. The molecule has 0 aliphatic carbocycles. The summed E-state index contributed by atoms with van der Waals surface area (Å²) in [5.41, 5.74) is 1.33. The minimum Gasteiger partial charge on any atom is -0.484 e. The van der Waals surface area contributed by atoms with Crippen molar-refractivity contribution in [3.05, 3.63) is 29.8 Å². The molecule has 0 amide bonds. The van der Waals surface area contributed by atoms with Gasteiger partial charge in [-0.3, -0.25) is 4.79 Å². The van der Waals surface area contributed by atoms with Crippen LogP contribution in [0.25, 0.3) is 0 Å². The van der Waals surface area contributed by atoms with Crippen LogP contribution in [0.15, 0.2) is 24.3 Å². The number of unbranched alkanes of at least 4 members (excludes halogenated alkanes) is 8. The third kappa shape index (κ3) is 12.9. The molecule has 0 bridgehead atoms.